The average Bonchev–Trinajstić information content (AvgIpc) is 3.15. The summed E-state index contributed by atoms with van der Waals surface area (Å²) in [6.07, 6.45) is 16.1. The predicted octanol–water partition coefficient (Wildman–Crippen LogP) is 5.01. The average molecular weight is 380 g/mol. The summed E-state index contributed by atoms with van der Waals surface area (Å²) in [7, 11) is 0. The van der Waals surface area contributed by atoms with Crippen molar-refractivity contribution in [2.24, 2.45) is 5.73 Å². The summed E-state index contributed by atoms with van der Waals surface area (Å²) >= 11 is 0. The molecule has 4 N–H and O–H groups in total. The molecule has 0 unspecified atom stereocenters. The van der Waals surface area contributed by atoms with Crippen molar-refractivity contribution in [2.75, 3.05) is 6.54 Å². The van der Waals surface area contributed by atoms with E-state index in [0.717, 1.165) is 37.0 Å². The second-order valence-corrected chi connectivity index (χ2v) is 6.67. The van der Waals surface area contributed by atoms with E-state index < -0.39 is 0 Å². The van der Waals surface area contributed by atoms with Crippen molar-refractivity contribution in [1.82, 2.24) is 14.9 Å². The van der Waals surface area contributed by atoms with Gasteiger partial charge in [-0.05, 0) is 67.6 Å². The van der Waals surface area contributed by atoms with Crippen molar-refractivity contribution >= 4 is 22.6 Å². The summed E-state index contributed by atoms with van der Waals surface area (Å²) in [6, 6.07) is 4.38. The number of nitrogens with one attached hydrogen (secondary N) is 2. The highest BCUT2D eigenvalue weighted by atomic mass is 15.0. The molecule has 0 bridgehead atoms. The molecule has 1 aliphatic carbocycles. The number of unbranched alkanes of at least 4 members (excludes halogenated alkanes) is 2. The summed E-state index contributed by atoms with van der Waals surface area (Å²) in [5, 5.41) is 11.9. The first-order valence-corrected chi connectivity index (χ1v) is 10.2. The standard InChI is InChI=1S/C21H27N5.C2H6/c1-2-24-12-5-3-4-6-16-14-18-11-13-26(21(18)25-15-16)19-9-7-17(8-10-19)20(22)23;1-2/h2,7,9,11,13-15,24H,1,3-6,8,10,12H2,(H3,22,23);1-2H3. The van der Waals surface area contributed by atoms with E-state index in [9.17, 15) is 0 Å². The number of pyridine rings is 1. The zero-order valence-corrected chi connectivity index (χ0v) is 17.2. The van der Waals surface area contributed by atoms with Crippen LogP contribution in [0.15, 0.2) is 55.0 Å². The number of aromatic nitrogens is 2. The molecule has 5 nitrogen and oxygen atoms in total. The quantitative estimate of drug-likeness (QED) is 0.326. The zero-order chi connectivity index (χ0) is 20.4. The van der Waals surface area contributed by atoms with Crippen LogP contribution in [-0.2, 0) is 6.42 Å². The molecule has 0 spiro atoms. The summed E-state index contributed by atoms with van der Waals surface area (Å²) in [5.41, 5.74) is 9.96. The number of fused-ring (bicyclic) bond motifs is 1. The van der Waals surface area contributed by atoms with E-state index >= 15 is 0 Å². The van der Waals surface area contributed by atoms with Crippen LogP contribution in [0.1, 0.15) is 51.5 Å². The molecule has 1 aliphatic rings. The monoisotopic (exact) mass is 379 g/mol. The molecule has 0 atom stereocenters. The van der Waals surface area contributed by atoms with Crippen LogP contribution in [0, 0.1) is 5.41 Å². The third-order valence-corrected chi connectivity index (χ3v) is 4.80. The van der Waals surface area contributed by atoms with E-state index in [4.69, 9.17) is 16.1 Å². The Bertz CT molecular complexity index is 857. The molecule has 150 valence electrons. The summed E-state index contributed by atoms with van der Waals surface area (Å²) in [6.45, 7) is 8.66. The molecule has 5 heteroatoms. The number of hydrogen-bond donors (Lipinski definition) is 3. The maximum atomic E-state index is 7.54. The SMILES string of the molecule is C=CNCCCCCc1cnc2c(ccn2C2=CC=C(C(=N)N)CC2)c1.CC. The van der Waals surface area contributed by atoms with Gasteiger partial charge in [0.25, 0.3) is 0 Å². The molecule has 2 aromatic heterocycles. The molecule has 3 rings (SSSR count). The van der Waals surface area contributed by atoms with E-state index in [2.05, 4.69) is 34.8 Å². The minimum Gasteiger partial charge on any atom is -0.391 e. The lowest BCUT2D eigenvalue weighted by Crippen LogP contribution is -2.15. The first-order chi connectivity index (χ1) is 13.7. The van der Waals surface area contributed by atoms with Gasteiger partial charge in [0.1, 0.15) is 11.5 Å². The highest BCUT2D eigenvalue weighted by Gasteiger charge is 2.12. The van der Waals surface area contributed by atoms with Crippen LogP contribution in [0.5, 0.6) is 0 Å². The van der Waals surface area contributed by atoms with Crippen LogP contribution in [0.2, 0.25) is 0 Å². The molecule has 0 saturated carbocycles. The number of hydrogen-bond acceptors (Lipinski definition) is 3. The highest BCUT2D eigenvalue weighted by molar-refractivity contribution is 5.95. The fourth-order valence-electron chi connectivity index (χ4n) is 3.32. The van der Waals surface area contributed by atoms with Crippen LogP contribution < -0.4 is 11.1 Å². The maximum absolute atomic E-state index is 7.54. The summed E-state index contributed by atoms with van der Waals surface area (Å²) in [4.78, 5) is 4.71. The number of nitrogens with zero attached hydrogens (tertiary/aromatic N) is 2. The topological polar surface area (TPSA) is 79.7 Å². The Labute approximate surface area is 168 Å². The normalized spacial score (nSPS) is 13.2. The lowest BCUT2D eigenvalue weighted by Gasteiger charge is -2.15. The third kappa shape index (κ3) is 5.59. The van der Waals surface area contributed by atoms with E-state index in [1.165, 1.54) is 35.9 Å². The number of rotatable bonds is 9. The summed E-state index contributed by atoms with van der Waals surface area (Å²) in [5.74, 6) is 0.167. The van der Waals surface area contributed by atoms with Crippen molar-refractivity contribution in [1.29, 1.82) is 5.41 Å². The molecule has 2 heterocycles. The minimum atomic E-state index is 0.167. The van der Waals surface area contributed by atoms with Gasteiger partial charge in [-0.15, -0.1) is 0 Å². The number of nitrogens with two attached hydrogens (primary N) is 1. The fourth-order valence-corrected chi connectivity index (χ4v) is 3.32. The van der Waals surface area contributed by atoms with Crippen LogP contribution >= 0.6 is 0 Å². The van der Waals surface area contributed by atoms with Crippen LogP contribution in [0.3, 0.4) is 0 Å². The Morgan fingerprint density at radius 2 is 2.11 bits per heavy atom. The van der Waals surface area contributed by atoms with Crippen LogP contribution in [0.4, 0.5) is 0 Å². The van der Waals surface area contributed by atoms with E-state index in [0.29, 0.717) is 0 Å². The van der Waals surface area contributed by atoms with Crippen molar-refractivity contribution in [2.45, 2.75) is 52.4 Å². The Hall–Kier alpha value is -2.82. The second kappa shape index (κ2) is 11.1. The van der Waals surface area contributed by atoms with Gasteiger partial charge < -0.3 is 15.6 Å². The largest absolute Gasteiger partial charge is 0.391 e. The number of allylic oxidation sites excluding steroid dienone is 3. The zero-order valence-electron chi connectivity index (χ0n) is 17.2. The van der Waals surface area contributed by atoms with Gasteiger partial charge in [0.15, 0.2) is 0 Å². The van der Waals surface area contributed by atoms with Gasteiger partial charge in [-0.2, -0.15) is 0 Å². The molecule has 0 fully saturated rings. The van der Waals surface area contributed by atoms with Gasteiger partial charge in [-0.3, -0.25) is 5.41 Å². The summed E-state index contributed by atoms with van der Waals surface area (Å²) < 4.78 is 2.15. The molecule has 0 radical (unpaired) electrons. The van der Waals surface area contributed by atoms with Gasteiger partial charge in [0.05, 0.1) is 0 Å². The predicted molar refractivity (Wildman–Crippen MR) is 120 cm³/mol. The van der Waals surface area contributed by atoms with Crippen molar-refractivity contribution in [3.8, 4) is 0 Å². The van der Waals surface area contributed by atoms with Gasteiger partial charge in [0.2, 0.25) is 0 Å². The third-order valence-electron chi connectivity index (χ3n) is 4.80. The first kappa shape index (κ1) is 21.5. The molecular formula is C23H33N5. The number of aryl methyl sites for hydroxylation is 1. The molecule has 0 saturated heterocycles. The van der Waals surface area contributed by atoms with E-state index in [1.807, 2.05) is 32.2 Å². The Kier molecular flexibility index (Phi) is 8.53. The molecular weight excluding hydrogens is 346 g/mol. The fraction of sp³-hybridized carbons (Fsp3) is 0.391. The van der Waals surface area contributed by atoms with Crippen LogP contribution in [-0.4, -0.2) is 21.9 Å². The Balaban J connectivity index is 0.00000136. The molecule has 0 amide bonds. The van der Waals surface area contributed by atoms with Crippen molar-refractivity contribution in [3.63, 3.8) is 0 Å². The number of amidine groups is 1. The molecule has 0 aromatic carbocycles. The smallest absolute Gasteiger partial charge is 0.144 e. The second-order valence-electron chi connectivity index (χ2n) is 6.67. The lowest BCUT2D eigenvalue weighted by atomic mass is 10.0. The maximum Gasteiger partial charge on any atom is 0.144 e. The lowest BCUT2D eigenvalue weighted by molar-refractivity contribution is 0.654. The van der Waals surface area contributed by atoms with Crippen LogP contribution in [0.25, 0.3) is 16.7 Å². The molecule has 0 aliphatic heterocycles. The van der Waals surface area contributed by atoms with Gasteiger partial charge >= 0.3 is 0 Å². The highest BCUT2D eigenvalue weighted by Crippen LogP contribution is 2.26. The Morgan fingerprint density at radius 3 is 2.79 bits per heavy atom. The minimum absolute atomic E-state index is 0.167. The van der Waals surface area contributed by atoms with Gasteiger partial charge in [-0.1, -0.05) is 32.9 Å². The van der Waals surface area contributed by atoms with Gasteiger partial charge in [-0.25, -0.2) is 4.98 Å². The van der Waals surface area contributed by atoms with Crippen molar-refractivity contribution in [3.05, 3.63) is 60.6 Å². The first-order valence-electron chi connectivity index (χ1n) is 10.2. The van der Waals surface area contributed by atoms with Crippen molar-refractivity contribution < 1.29 is 0 Å². The van der Waals surface area contributed by atoms with Gasteiger partial charge in [0, 0.05) is 30.0 Å². The molecule has 28 heavy (non-hydrogen) atoms. The molecule has 2 aromatic rings. The van der Waals surface area contributed by atoms with E-state index in [1.54, 1.807) is 6.20 Å². The van der Waals surface area contributed by atoms with E-state index in [-0.39, 0.29) is 5.84 Å². The Morgan fingerprint density at radius 1 is 1.29 bits per heavy atom.